The van der Waals surface area contributed by atoms with Crippen LogP contribution in [-0.2, 0) is 10.9 Å². The summed E-state index contributed by atoms with van der Waals surface area (Å²) in [5.41, 5.74) is 1.25. The van der Waals surface area contributed by atoms with Crippen LogP contribution in [0.5, 0.6) is 0 Å². The Bertz CT molecular complexity index is 823. The van der Waals surface area contributed by atoms with Gasteiger partial charge in [0.15, 0.2) is 0 Å². The van der Waals surface area contributed by atoms with Gasteiger partial charge < -0.3 is 4.74 Å². The molecule has 1 saturated carbocycles. The standard InChI is InChI=1S/C21H23F3N2OS/c1-2-20(28-16-5-3-4-15(10-16)21(22,23)24)8-9-27-19(11-20)18-13-25-17(12-26-18)14-6-7-14/h3-5,10,12-14,19H,2,6-9,11H2,1H3. The Morgan fingerprint density at radius 2 is 1.93 bits per heavy atom. The minimum atomic E-state index is -4.33. The molecule has 0 N–H and O–H groups in total. The van der Waals surface area contributed by atoms with Crippen LogP contribution in [0.4, 0.5) is 13.2 Å². The maximum absolute atomic E-state index is 13.1. The van der Waals surface area contributed by atoms with Gasteiger partial charge in [-0.1, -0.05) is 13.0 Å². The van der Waals surface area contributed by atoms with Crippen molar-refractivity contribution in [2.24, 2.45) is 0 Å². The van der Waals surface area contributed by atoms with Gasteiger partial charge in [0.2, 0.25) is 0 Å². The minimum absolute atomic E-state index is 0.173. The lowest BCUT2D eigenvalue weighted by Gasteiger charge is -2.39. The highest BCUT2D eigenvalue weighted by Crippen LogP contribution is 2.48. The molecule has 150 valence electrons. The fourth-order valence-corrected chi connectivity index (χ4v) is 5.05. The molecule has 28 heavy (non-hydrogen) atoms. The Hall–Kier alpha value is -1.60. The molecule has 1 saturated heterocycles. The van der Waals surface area contributed by atoms with Gasteiger partial charge in [0.25, 0.3) is 0 Å². The van der Waals surface area contributed by atoms with Crippen LogP contribution in [0.15, 0.2) is 41.6 Å². The lowest BCUT2D eigenvalue weighted by molar-refractivity contribution is -0.137. The average Bonchev–Trinajstić information content (AvgIpc) is 3.53. The second-order valence-corrected chi connectivity index (χ2v) is 9.16. The van der Waals surface area contributed by atoms with Crippen molar-refractivity contribution < 1.29 is 17.9 Å². The molecular formula is C21H23F3N2OS. The van der Waals surface area contributed by atoms with E-state index in [2.05, 4.69) is 16.9 Å². The van der Waals surface area contributed by atoms with E-state index in [1.54, 1.807) is 12.3 Å². The Kier molecular flexibility index (Phi) is 5.40. The predicted octanol–water partition coefficient (Wildman–Crippen LogP) is 6.17. The second kappa shape index (κ2) is 7.67. The van der Waals surface area contributed by atoms with Gasteiger partial charge in [0.05, 0.1) is 23.1 Å². The first-order valence-corrected chi connectivity index (χ1v) is 10.5. The third kappa shape index (κ3) is 4.35. The van der Waals surface area contributed by atoms with Gasteiger partial charge in [-0.05, 0) is 50.3 Å². The molecule has 2 unspecified atom stereocenters. The van der Waals surface area contributed by atoms with Crippen LogP contribution in [0, 0.1) is 0 Å². The zero-order chi connectivity index (χ0) is 19.8. The van der Waals surface area contributed by atoms with Crippen molar-refractivity contribution in [2.75, 3.05) is 6.61 Å². The summed E-state index contributed by atoms with van der Waals surface area (Å²) in [4.78, 5) is 9.76. The van der Waals surface area contributed by atoms with Crippen molar-refractivity contribution in [1.29, 1.82) is 0 Å². The number of alkyl halides is 3. The predicted molar refractivity (Wildman–Crippen MR) is 102 cm³/mol. The van der Waals surface area contributed by atoms with Crippen LogP contribution in [-0.4, -0.2) is 21.3 Å². The summed E-state index contributed by atoms with van der Waals surface area (Å²) < 4.78 is 44.9. The molecule has 0 amide bonds. The maximum Gasteiger partial charge on any atom is 0.416 e. The van der Waals surface area contributed by atoms with E-state index in [1.165, 1.54) is 36.7 Å². The molecule has 1 aliphatic carbocycles. The van der Waals surface area contributed by atoms with Gasteiger partial charge in [-0.15, -0.1) is 11.8 Å². The smallest absolute Gasteiger partial charge is 0.372 e. The molecule has 2 aromatic rings. The highest BCUT2D eigenvalue weighted by atomic mass is 32.2. The number of benzene rings is 1. The number of hydrogen-bond acceptors (Lipinski definition) is 4. The Balaban J connectivity index is 1.51. The molecule has 1 aromatic heterocycles. The van der Waals surface area contributed by atoms with E-state index in [-0.39, 0.29) is 10.9 Å². The fourth-order valence-electron chi connectivity index (χ4n) is 3.65. The van der Waals surface area contributed by atoms with Crippen molar-refractivity contribution in [1.82, 2.24) is 9.97 Å². The van der Waals surface area contributed by atoms with E-state index in [4.69, 9.17) is 4.74 Å². The first-order chi connectivity index (χ1) is 13.4. The number of rotatable bonds is 5. The summed E-state index contributed by atoms with van der Waals surface area (Å²) in [5.74, 6) is 0.556. The number of thioether (sulfide) groups is 1. The quantitative estimate of drug-likeness (QED) is 0.593. The van der Waals surface area contributed by atoms with Crippen LogP contribution in [0.1, 0.15) is 68.0 Å². The normalized spacial score (nSPS) is 25.6. The zero-order valence-electron chi connectivity index (χ0n) is 15.7. The topological polar surface area (TPSA) is 35.0 Å². The first kappa shape index (κ1) is 19.7. The highest BCUT2D eigenvalue weighted by molar-refractivity contribution is 8.00. The molecule has 1 aliphatic heterocycles. The summed E-state index contributed by atoms with van der Waals surface area (Å²) >= 11 is 1.53. The average molecular weight is 408 g/mol. The Morgan fingerprint density at radius 3 is 2.57 bits per heavy atom. The monoisotopic (exact) mass is 408 g/mol. The van der Waals surface area contributed by atoms with Crippen LogP contribution in [0.3, 0.4) is 0 Å². The summed E-state index contributed by atoms with van der Waals surface area (Å²) in [6.45, 7) is 2.65. The van der Waals surface area contributed by atoms with E-state index in [1.807, 2.05) is 6.20 Å². The Labute approximate surface area is 167 Å². The lowest BCUT2D eigenvalue weighted by atomic mass is 9.91. The number of halogens is 3. The molecule has 1 aromatic carbocycles. The third-order valence-electron chi connectivity index (χ3n) is 5.59. The number of nitrogens with zero attached hydrogens (tertiary/aromatic N) is 2. The zero-order valence-corrected chi connectivity index (χ0v) is 16.5. The van der Waals surface area contributed by atoms with Crippen molar-refractivity contribution in [2.45, 2.75) is 66.9 Å². The van der Waals surface area contributed by atoms with E-state index >= 15 is 0 Å². The van der Waals surface area contributed by atoms with Gasteiger partial charge in [0, 0.05) is 28.4 Å². The summed E-state index contributed by atoms with van der Waals surface area (Å²) in [6, 6.07) is 5.60. The minimum Gasteiger partial charge on any atom is -0.372 e. The molecule has 7 heteroatoms. The molecule has 2 aliphatic rings. The molecule has 0 spiro atoms. The summed E-state index contributed by atoms with van der Waals surface area (Å²) in [6.07, 6.45) is 3.87. The van der Waals surface area contributed by atoms with Gasteiger partial charge in [-0.25, -0.2) is 0 Å². The molecule has 0 bridgehead atoms. The Morgan fingerprint density at radius 1 is 1.18 bits per heavy atom. The van der Waals surface area contributed by atoms with Gasteiger partial charge in [-0.3, -0.25) is 9.97 Å². The van der Waals surface area contributed by atoms with Crippen LogP contribution < -0.4 is 0 Å². The SMILES string of the molecule is CCC1(Sc2cccc(C(F)(F)F)c2)CCOC(c2cnc(C3CC3)cn2)C1. The summed E-state index contributed by atoms with van der Waals surface area (Å²) in [5, 5.41) is 0. The molecular weight excluding hydrogens is 385 g/mol. The summed E-state index contributed by atoms with van der Waals surface area (Å²) in [7, 11) is 0. The van der Waals surface area contributed by atoms with Gasteiger partial charge >= 0.3 is 6.18 Å². The van der Waals surface area contributed by atoms with Gasteiger partial charge in [-0.2, -0.15) is 13.2 Å². The lowest BCUT2D eigenvalue weighted by Crippen LogP contribution is -2.34. The van der Waals surface area contributed by atoms with E-state index in [0.29, 0.717) is 23.8 Å². The van der Waals surface area contributed by atoms with E-state index in [9.17, 15) is 13.2 Å². The van der Waals surface area contributed by atoms with Crippen LogP contribution in [0.2, 0.25) is 0 Å². The molecule has 3 nitrogen and oxygen atoms in total. The molecule has 2 fully saturated rings. The molecule has 0 radical (unpaired) electrons. The third-order valence-corrected chi connectivity index (χ3v) is 7.17. The maximum atomic E-state index is 13.1. The van der Waals surface area contributed by atoms with Crippen molar-refractivity contribution >= 4 is 11.8 Å². The second-order valence-electron chi connectivity index (χ2n) is 7.62. The van der Waals surface area contributed by atoms with Crippen molar-refractivity contribution in [3.8, 4) is 0 Å². The number of aromatic nitrogens is 2. The first-order valence-electron chi connectivity index (χ1n) is 9.68. The molecule has 2 heterocycles. The van der Waals surface area contributed by atoms with Crippen molar-refractivity contribution in [3.63, 3.8) is 0 Å². The number of hydrogen-bond donors (Lipinski definition) is 0. The number of ether oxygens (including phenoxy) is 1. The highest BCUT2D eigenvalue weighted by Gasteiger charge is 2.39. The largest absolute Gasteiger partial charge is 0.416 e. The van der Waals surface area contributed by atoms with E-state index < -0.39 is 11.7 Å². The van der Waals surface area contributed by atoms with E-state index in [0.717, 1.165) is 30.3 Å². The van der Waals surface area contributed by atoms with Crippen molar-refractivity contribution in [3.05, 3.63) is 53.6 Å². The van der Waals surface area contributed by atoms with Crippen LogP contribution >= 0.6 is 11.8 Å². The van der Waals surface area contributed by atoms with Crippen LogP contribution in [0.25, 0.3) is 0 Å². The van der Waals surface area contributed by atoms with Gasteiger partial charge in [0.1, 0.15) is 6.10 Å². The molecule has 2 atom stereocenters. The fraction of sp³-hybridized carbons (Fsp3) is 0.524. The molecule has 4 rings (SSSR count).